The molecule has 0 heterocycles. The lowest BCUT2D eigenvalue weighted by molar-refractivity contribution is 0.573. The molecule has 2 aromatic carbocycles. The molecule has 3 atom stereocenters. The molecule has 26 heavy (non-hydrogen) atoms. The highest BCUT2D eigenvalue weighted by molar-refractivity contribution is 7.94. The van der Waals surface area contributed by atoms with Crippen LogP contribution in [0.2, 0.25) is 0 Å². The molecule has 1 saturated carbocycles. The Labute approximate surface area is 153 Å². The van der Waals surface area contributed by atoms with Gasteiger partial charge in [-0.3, -0.25) is 0 Å². The van der Waals surface area contributed by atoms with Gasteiger partial charge in [-0.15, -0.1) is 0 Å². The van der Waals surface area contributed by atoms with Crippen molar-refractivity contribution in [3.8, 4) is 0 Å². The zero-order valence-electron chi connectivity index (χ0n) is 13.9. The molecule has 0 aromatic heterocycles. The maximum Gasteiger partial charge on any atom is 0.199 e. The Balaban J connectivity index is 1.82. The van der Waals surface area contributed by atoms with E-state index in [0.717, 1.165) is 0 Å². The maximum absolute atomic E-state index is 13.2. The SMILES string of the molecule is O=S(=O)(/C=C1\[C@@H]2C=C[C@@H](C2)[C@H]1S(=O)(=O)c1ccccc1)c1ccccc1. The third-order valence-electron chi connectivity index (χ3n) is 5.03. The van der Waals surface area contributed by atoms with Gasteiger partial charge in [0.25, 0.3) is 0 Å². The average Bonchev–Trinajstić information content (AvgIpc) is 3.24. The standard InChI is InChI=1S/C20H18O4S2/c21-25(22,17-7-3-1-4-8-17)14-19-15-11-12-16(13-15)20(19)26(23,24)18-9-5-2-6-10-18/h1-12,14-16,20H,13H2/b19-14+/t15-,16+,20-/m1/s1. The summed E-state index contributed by atoms with van der Waals surface area (Å²) < 4.78 is 51.9. The van der Waals surface area contributed by atoms with E-state index in [1.807, 2.05) is 12.2 Å². The first kappa shape index (κ1) is 17.2. The van der Waals surface area contributed by atoms with Crippen molar-refractivity contribution in [2.24, 2.45) is 11.8 Å². The topological polar surface area (TPSA) is 68.3 Å². The van der Waals surface area contributed by atoms with Crippen LogP contribution in [0, 0.1) is 11.8 Å². The van der Waals surface area contributed by atoms with E-state index in [4.69, 9.17) is 0 Å². The summed E-state index contributed by atoms with van der Waals surface area (Å²) in [6, 6.07) is 16.4. The fraction of sp³-hybridized carbons (Fsp3) is 0.200. The Bertz CT molecular complexity index is 1080. The molecule has 2 aromatic rings. The van der Waals surface area contributed by atoms with Crippen LogP contribution < -0.4 is 0 Å². The lowest BCUT2D eigenvalue weighted by Gasteiger charge is -2.22. The van der Waals surface area contributed by atoms with E-state index >= 15 is 0 Å². The van der Waals surface area contributed by atoms with Crippen molar-refractivity contribution in [2.75, 3.05) is 0 Å². The van der Waals surface area contributed by atoms with Crippen LogP contribution in [0.3, 0.4) is 0 Å². The molecule has 4 rings (SSSR count). The second-order valence-electron chi connectivity index (χ2n) is 6.65. The van der Waals surface area contributed by atoms with Gasteiger partial charge in [-0.25, -0.2) is 16.8 Å². The summed E-state index contributed by atoms with van der Waals surface area (Å²) in [6.45, 7) is 0. The van der Waals surface area contributed by atoms with E-state index in [0.29, 0.717) is 12.0 Å². The van der Waals surface area contributed by atoms with Gasteiger partial charge in [-0.2, -0.15) is 0 Å². The summed E-state index contributed by atoms with van der Waals surface area (Å²) in [5.41, 5.74) is 0.477. The van der Waals surface area contributed by atoms with Gasteiger partial charge >= 0.3 is 0 Å². The third-order valence-corrected chi connectivity index (χ3v) is 8.76. The number of benzene rings is 2. The second-order valence-corrected chi connectivity index (χ2v) is 10.5. The van der Waals surface area contributed by atoms with Gasteiger partial charge in [-0.05, 0) is 42.2 Å². The van der Waals surface area contributed by atoms with Gasteiger partial charge < -0.3 is 0 Å². The molecule has 2 aliphatic rings. The van der Waals surface area contributed by atoms with E-state index in [2.05, 4.69) is 0 Å². The van der Waals surface area contributed by atoms with Crippen molar-refractivity contribution in [3.63, 3.8) is 0 Å². The molecule has 2 bridgehead atoms. The highest BCUT2D eigenvalue weighted by Crippen LogP contribution is 2.48. The first-order chi connectivity index (χ1) is 12.4. The molecule has 1 fully saturated rings. The summed E-state index contributed by atoms with van der Waals surface area (Å²) in [4.78, 5) is 0.407. The van der Waals surface area contributed by atoms with E-state index in [9.17, 15) is 16.8 Å². The van der Waals surface area contributed by atoms with Gasteiger partial charge in [0.15, 0.2) is 19.7 Å². The number of hydrogen-bond donors (Lipinski definition) is 0. The van der Waals surface area contributed by atoms with Gasteiger partial charge in [0, 0.05) is 11.3 Å². The minimum atomic E-state index is -3.70. The molecule has 0 saturated heterocycles. The van der Waals surface area contributed by atoms with Gasteiger partial charge in [-0.1, -0.05) is 48.6 Å². The van der Waals surface area contributed by atoms with Gasteiger partial charge in [0.2, 0.25) is 0 Å². The van der Waals surface area contributed by atoms with Gasteiger partial charge in [0.05, 0.1) is 15.0 Å². The fourth-order valence-corrected chi connectivity index (χ4v) is 7.37. The van der Waals surface area contributed by atoms with Crippen LogP contribution in [0.25, 0.3) is 0 Å². The maximum atomic E-state index is 13.2. The van der Waals surface area contributed by atoms with E-state index in [1.54, 1.807) is 48.5 Å². The molecule has 4 nitrogen and oxygen atoms in total. The van der Waals surface area contributed by atoms with Crippen LogP contribution in [0.5, 0.6) is 0 Å². The molecule has 0 N–H and O–H groups in total. The van der Waals surface area contributed by atoms with E-state index < -0.39 is 24.9 Å². The monoisotopic (exact) mass is 386 g/mol. The minimum absolute atomic E-state index is 0.137. The number of rotatable bonds is 4. The highest BCUT2D eigenvalue weighted by atomic mass is 32.2. The van der Waals surface area contributed by atoms with Crippen LogP contribution in [-0.4, -0.2) is 22.1 Å². The Morgan fingerprint density at radius 2 is 1.35 bits per heavy atom. The first-order valence-corrected chi connectivity index (χ1v) is 11.5. The predicted octanol–water partition coefficient (Wildman–Crippen LogP) is 3.39. The normalized spacial score (nSPS) is 26.5. The van der Waals surface area contributed by atoms with Crippen molar-refractivity contribution in [2.45, 2.75) is 21.5 Å². The molecule has 0 radical (unpaired) electrons. The summed E-state index contributed by atoms with van der Waals surface area (Å²) in [7, 11) is -7.36. The number of hydrogen-bond acceptors (Lipinski definition) is 4. The Kier molecular flexibility index (Phi) is 4.12. The van der Waals surface area contributed by atoms with Crippen molar-refractivity contribution >= 4 is 19.7 Å². The Morgan fingerprint density at radius 3 is 1.96 bits per heavy atom. The van der Waals surface area contributed by atoms with Crippen molar-refractivity contribution in [1.29, 1.82) is 0 Å². The fourth-order valence-electron chi connectivity index (χ4n) is 3.83. The van der Waals surface area contributed by atoms with Crippen molar-refractivity contribution < 1.29 is 16.8 Å². The minimum Gasteiger partial charge on any atom is -0.223 e. The first-order valence-electron chi connectivity index (χ1n) is 8.38. The van der Waals surface area contributed by atoms with E-state index in [-0.39, 0.29) is 21.6 Å². The summed E-state index contributed by atoms with van der Waals surface area (Å²) in [5, 5.41) is 0.361. The molecule has 134 valence electrons. The van der Waals surface area contributed by atoms with Crippen molar-refractivity contribution in [3.05, 3.63) is 83.8 Å². The molecular weight excluding hydrogens is 368 g/mol. The summed E-state index contributed by atoms with van der Waals surface area (Å²) in [5.74, 6) is -0.315. The lowest BCUT2D eigenvalue weighted by atomic mass is 10.0. The van der Waals surface area contributed by atoms with Crippen LogP contribution in [0.1, 0.15) is 6.42 Å². The number of fused-ring (bicyclic) bond motifs is 2. The predicted molar refractivity (Wildman–Crippen MR) is 99.9 cm³/mol. The molecular formula is C20H18O4S2. The zero-order chi connectivity index (χ0) is 18.4. The summed E-state index contributed by atoms with van der Waals surface area (Å²) in [6.07, 6.45) is 4.48. The number of sulfone groups is 2. The number of allylic oxidation sites excluding steroid dienone is 2. The van der Waals surface area contributed by atoms with Crippen LogP contribution >= 0.6 is 0 Å². The largest absolute Gasteiger partial charge is 0.223 e. The second kappa shape index (κ2) is 6.21. The van der Waals surface area contributed by atoms with Crippen LogP contribution in [-0.2, 0) is 19.7 Å². The molecule has 0 aliphatic heterocycles. The third kappa shape index (κ3) is 2.83. The van der Waals surface area contributed by atoms with Crippen LogP contribution in [0.4, 0.5) is 0 Å². The molecule has 2 aliphatic carbocycles. The Morgan fingerprint density at radius 1 is 0.769 bits per heavy atom. The van der Waals surface area contributed by atoms with Crippen molar-refractivity contribution in [1.82, 2.24) is 0 Å². The highest BCUT2D eigenvalue weighted by Gasteiger charge is 2.48. The Hall–Kier alpha value is -2.18. The molecule has 0 spiro atoms. The van der Waals surface area contributed by atoms with E-state index in [1.165, 1.54) is 17.5 Å². The smallest absolute Gasteiger partial charge is 0.199 e. The molecule has 0 unspecified atom stereocenters. The summed E-state index contributed by atoms with van der Waals surface area (Å²) >= 11 is 0. The average molecular weight is 386 g/mol. The molecule has 6 heteroatoms. The zero-order valence-corrected chi connectivity index (χ0v) is 15.5. The quantitative estimate of drug-likeness (QED) is 0.756. The van der Waals surface area contributed by atoms with Gasteiger partial charge in [0.1, 0.15) is 0 Å². The lowest BCUT2D eigenvalue weighted by Crippen LogP contribution is -2.28. The molecule has 0 amide bonds. The van der Waals surface area contributed by atoms with Crippen LogP contribution in [0.15, 0.2) is 93.6 Å².